The molecule has 116 valence electrons. The van der Waals surface area contributed by atoms with E-state index in [1.807, 2.05) is 0 Å². The Kier molecular flexibility index (Phi) is 5.09. The molecule has 0 spiro atoms. The third-order valence-corrected chi connectivity index (χ3v) is 9.86. The highest BCUT2D eigenvalue weighted by Gasteiger charge is 2.43. The number of amides is 1. The van der Waals surface area contributed by atoms with E-state index in [0.717, 1.165) is 5.69 Å². The fourth-order valence-electron chi connectivity index (χ4n) is 3.51. The minimum Gasteiger partial charge on any atom is -0.322 e. The van der Waals surface area contributed by atoms with E-state index in [4.69, 9.17) is 0 Å². The van der Waals surface area contributed by atoms with Crippen LogP contribution >= 0.6 is 7.26 Å². The van der Waals surface area contributed by atoms with E-state index in [9.17, 15) is 4.79 Å². The maximum absolute atomic E-state index is 12.7. The van der Waals surface area contributed by atoms with Crippen LogP contribution in [0, 0.1) is 20.8 Å². The lowest BCUT2D eigenvalue weighted by Crippen LogP contribution is -2.31. The summed E-state index contributed by atoms with van der Waals surface area (Å²) < 4.78 is 0. The first-order chi connectivity index (χ1) is 9.83. The summed E-state index contributed by atoms with van der Waals surface area (Å²) in [7, 11) is -1.10. The number of benzene rings is 1. The number of aryl methyl sites for hydroxylation is 3. The van der Waals surface area contributed by atoms with Crippen molar-refractivity contribution in [3.63, 3.8) is 0 Å². The highest BCUT2D eigenvalue weighted by Crippen LogP contribution is 2.62. The van der Waals surface area contributed by atoms with Crippen LogP contribution in [-0.2, 0) is 4.79 Å². The number of hydrogen-bond acceptors (Lipinski definition) is 1. The van der Waals surface area contributed by atoms with Crippen molar-refractivity contribution in [2.24, 2.45) is 0 Å². The van der Waals surface area contributed by atoms with Crippen LogP contribution in [0.1, 0.15) is 42.9 Å². The van der Waals surface area contributed by atoms with Gasteiger partial charge in [-0.15, -0.1) is 0 Å². The van der Waals surface area contributed by atoms with E-state index in [1.165, 1.54) is 48.3 Å². The van der Waals surface area contributed by atoms with Crippen molar-refractivity contribution in [3.05, 3.63) is 28.8 Å². The molecule has 1 saturated heterocycles. The molecule has 1 atom stereocenters. The second kappa shape index (κ2) is 6.48. The molecule has 1 amide bonds. The summed E-state index contributed by atoms with van der Waals surface area (Å²) >= 11 is 0. The van der Waals surface area contributed by atoms with Crippen LogP contribution in [0.25, 0.3) is 0 Å². The van der Waals surface area contributed by atoms with Gasteiger partial charge in [-0.05, 0) is 58.1 Å². The SMILES string of the molecule is Cc1cc(C)c(NC(=O)C(C)[P+]2(C)CCCCC2)c(C)c1. The average molecular weight is 306 g/mol. The Balaban J connectivity index is 2.14. The molecule has 3 heteroatoms. The highest BCUT2D eigenvalue weighted by atomic mass is 31.2. The molecule has 1 aromatic rings. The van der Waals surface area contributed by atoms with Crippen LogP contribution in [-0.4, -0.2) is 30.6 Å². The Morgan fingerprint density at radius 2 is 1.62 bits per heavy atom. The maximum atomic E-state index is 12.7. The van der Waals surface area contributed by atoms with Crippen molar-refractivity contribution in [1.29, 1.82) is 0 Å². The Bertz CT molecular complexity index is 509. The summed E-state index contributed by atoms with van der Waals surface area (Å²) in [5.74, 6) is 0.225. The van der Waals surface area contributed by atoms with Crippen LogP contribution in [0.4, 0.5) is 5.69 Å². The molecule has 0 aromatic heterocycles. The summed E-state index contributed by atoms with van der Waals surface area (Å²) in [6.07, 6.45) is 6.54. The van der Waals surface area contributed by atoms with Crippen molar-refractivity contribution in [2.75, 3.05) is 24.3 Å². The minimum absolute atomic E-state index is 0.179. The van der Waals surface area contributed by atoms with Gasteiger partial charge in [-0.1, -0.05) is 17.7 Å². The van der Waals surface area contributed by atoms with Gasteiger partial charge in [0.25, 0.3) is 5.91 Å². The van der Waals surface area contributed by atoms with E-state index in [0.29, 0.717) is 0 Å². The number of nitrogens with one attached hydrogen (secondary N) is 1. The van der Waals surface area contributed by atoms with Crippen LogP contribution in [0.3, 0.4) is 0 Å². The van der Waals surface area contributed by atoms with Gasteiger partial charge in [0.1, 0.15) is 5.66 Å². The average Bonchev–Trinajstić information content (AvgIpc) is 2.42. The molecule has 1 aromatic carbocycles. The molecular weight excluding hydrogens is 277 g/mol. The number of rotatable bonds is 3. The van der Waals surface area contributed by atoms with Crippen LogP contribution in [0.15, 0.2) is 12.1 Å². The van der Waals surface area contributed by atoms with Gasteiger partial charge in [0.15, 0.2) is 0 Å². The third-order valence-electron chi connectivity index (χ3n) is 5.08. The van der Waals surface area contributed by atoms with E-state index in [2.05, 4.69) is 51.8 Å². The molecule has 0 saturated carbocycles. The van der Waals surface area contributed by atoms with Gasteiger partial charge in [0.05, 0.1) is 12.3 Å². The summed E-state index contributed by atoms with van der Waals surface area (Å²) in [6.45, 7) is 10.8. The van der Waals surface area contributed by atoms with Gasteiger partial charge in [-0.25, -0.2) is 0 Å². The van der Waals surface area contributed by atoms with E-state index in [1.54, 1.807) is 0 Å². The second-order valence-electron chi connectivity index (χ2n) is 6.93. The Hall–Kier alpha value is -0.880. The molecule has 0 aliphatic carbocycles. The number of carbonyl (C=O) groups is 1. The second-order valence-corrected chi connectivity index (χ2v) is 11.6. The van der Waals surface area contributed by atoms with Gasteiger partial charge in [-0.3, -0.25) is 4.79 Å². The first-order valence-corrected chi connectivity index (χ1v) is 10.7. The van der Waals surface area contributed by atoms with E-state index in [-0.39, 0.29) is 11.6 Å². The molecule has 21 heavy (non-hydrogen) atoms. The Morgan fingerprint density at radius 1 is 1.10 bits per heavy atom. The lowest BCUT2D eigenvalue weighted by atomic mass is 10.1. The lowest BCUT2D eigenvalue weighted by molar-refractivity contribution is -0.115. The summed E-state index contributed by atoms with van der Waals surface area (Å²) in [5.41, 5.74) is 4.78. The zero-order valence-corrected chi connectivity index (χ0v) is 15.0. The van der Waals surface area contributed by atoms with Gasteiger partial charge in [0, 0.05) is 19.6 Å². The largest absolute Gasteiger partial charge is 0.322 e. The molecule has 0 radical (unpaired) electrons. The lowest BCUT2D eigenvalue weighted by Gasteiger charge is -2.32. The van der Waals surface area contributed by atoms with Crippen molar-refractivity contribution in [2.45, 2.75) is 52.6 Å². The highest BCUT2D eigenvalue weighted by molar-refractivity contribution is 7.76. The first kappa shape index (κ1) is 16.5. The minimum atomic E-state index is -1.10. The van der Waals surface area contributed by atoms with Crippen molar-refractivity contribution >= 4 is 18.9 Å². The van der Waals surface area contributed by atoms with Crippen molar-refractivity contribution in [1.82, 2.24) is 0 Å². The molecule has 2 nitrogen and oxygen atoms in total. The molecule has 1 N–H and O–H groups in total. The van der Waals surface area contributed by atoms with Crippen LogP contribution in [0.2, 0.25) is 0 Å². The van der Waals surface area contributed by atoms with Crippen molar-refractivity contribution in [3.8, 4) is 0 Å². The topological polar surface area (TPSA) is 29.1 Å². The first-order valence-electron chi connectivity index (χ1n) is 8.06. The molecule has 1 heterocycles. The predicted molar refractivity (Wildman–Crippen MR) is 95.2 cm³/mol. The smallest absolute Gasteiger partial charge is 0.264 e. The maximum Gasteiger partial charge on any atom is 0.264 e. The summed E-state index contributed by atoms with van der Waals surface area (Å²) in [4.78, 5) is 12.7. The standard InChI is InChI=1S/C18H28NOP/c1-13-11-14(2)17(15(3)12-13)19-18(20)16(4)21(5)9-7-6-8-10-21/h11-12,16H,6-10H2,1-5H3/p+1. The van der Waals surface area contributed by atoms with Gasteiger partial charge < -0.3 is 5.32 Å². The van der Waals surface area contributed by atoms with E-state index >= 15 is 0 Å². The van der Waals surface area contributed by atoms with Gasteiger partial charge in [0.2, 0.25) is 0 Å². The number of anilines is 1. The molecule has 1 fully saturated rings. The third kappa shape index (κ3) is 3.66. The fourth-order valence-corrected chi connectivity index (χ4v) is 7.03. The zero-order valence-electron chi connectivity index (χ0n) is 14.1. The molecule has 1 unspecified atom stereocenters. The van der Waals surface area contributed by atoms with E-state index < -0.39 is 7.26 Å². The summed E-state index contributed by atoms with van der Waals surface area (Å²) in [6, 6.07) is 4.29. The zero-order chi connectivity index (χ0) is 15.6. The number of hydrogen-bond donors (Lipinski definition) is 1. The quantitative estimate of drug-likeness (QED) is 0.801. The molecule has 1 aliphatic heterocycles. The Morgan fingerprint density at radius 3 is 2.14 bits per heavy atom. The molecular formula is C18H29NOP+. The predicted octanol–water partition coefficient (Wildman–Crippen LogP) is 4.77. The monoisotopic (exact) mass is 306 g/mol. The number of carbonyl (C=O) groups excluding carboxylic acids is 1. The normalized spacial score (nSPS) is 19.1. The van der Waals surface area contributed by atoms with Gasteiger partial charge >= 0.3 is 0 Å². The molecule has 2 rings (SSSR count). The molecule has 1 aliphatic rings. The van der Waals surface area contributed by atoms with Crippen LogP contribution in [0.5, 0.6) is 0 Å². The summed E-state index contributed by atoms with van der Waals surface area (Å²) in [5, 5.41) is 3.22. The van der Waals surface area contributed by atoms with Crippen LogP contribution < -0.4 is 5.32 Å². The fraction of sp³-hybridized carbons (Fsp3) is 0.611. The van der Waals surface area contributed by atoms with Crippen molar-refractivity contribution < 1.29 is 4.79 Å². The Labute approximate surface area is 130 Å². The molecule has 0 bridgehead atoms. The van der Waals surface area contributed by atoms with Gasteiger partial charge in [-0.2, -0.15) is 0 Å².